The van der Waals surface area contributed by atoms with E-state index in [1.807, 2.05) is 0 Å². The van der Waals surface area contributed by atoms with Crippen molar-refractivity contribution >= 4 is 0 Å². The van der Waals surface area contributed by atoms with Gasteiger partial charge in [-0.25, -0.2) is 0 Å². The number of hydrogen-bond donors (Lipinski definition) is 1. The molecular formula is C19H39NO. The van der Waals surface area contributed by atoms with Gasteiger partial charge in [-0.05, 0) is 19.3 Å². The van der Waals surface area contributed by atoms with Gasteiger partial charge in [-0.15, -0.1) is 0 Å². The zero-order chi connectivity index (χ0) is 15.4. The van der Waals surface area contributed by atoms with Crippen LogP contribution in [0.15, 0.2) is 0 Å². The van der Waals surface area contributed by atoms with Crippen molar-refractivity contribution in [3.63, 3.8) is 0 Å². The molecule has 21 heavy (non-hydrogen) atoms. The Kier molecular flexibility index (Phi) is 10.4. The van der Waals surface area contributed by atoms with E-state index >= 15 is 0 Å². The molecule has 0 aromatic carbocycles. The summed E-state index contributed by atoms with van der Waals surface area (Å²) in [4.78, 5) is 0. The monoisotopic (exact) mass is 297 g/mol. The molecule has 0 aliphatic heterocycles. The summed E-state index contributed by atoms with van der Waals surface area (Å²) < 4.78 is 6.45. The van der Waals surface area contributed by atoms with Crippen LogP contribution in [0.3, 0.4) is 0 Å². The molecule has 1 aliphatic rings. The Morgan fingerprint density at radius 1 is 0.905 bits per heavy atom. The van der Waals surface area contributed by atoms with E-state index in [0.29, 0.717) is 6.04 Å². The van der Waals surface area contributed by atoms with Crippen molar-refractivity contribution in [2.24, 2.45) is 0 Å². The smallest absolute Gasteiger partial charge is 0.0806 e. The molecule has 1 N–H and O–H groups in total. The minimum absolute atomic E-state index is 0.129. The third kappa shape index (κ3) is 8.83. The Labute approximate surface area is 133 Å². The van der Waals surface area contributed by atoms with Crippen LogP contribution in [0, 0.1) is 0 Å². The average molecular weight is 298 g/mol. The summed E-state index contributed by atoms with van der Waals surface area (Å²) in [7, 11) is 0. The summed E-state index contributed by atoms with van der Waals surface area (Å²) in [6.07, 6.45) is 16.1. The standard InChI is InChI=1S/C19H39NO/c1-4-5-6-7-10-13-16-21-19(17-20-18(2)3)14-11-8-9-12-15-19/h18,20H,4-17H2,1-3H3. The van der Waals surface area contributed by atoms with Gasteiger partial charge in [0.25, 0.3) is 0 Å². The highest BCUT2D eigenvalue weighted by atomic mass is 16.5. The SMILES string of the molecule is CCCCCCCCOC1(CNC(C)C)CCCCCC1. The van der Waals surface area contributed by atoms with Crippen LogP contribution < -0.4 is 5.32 Å². The molecule has 0 saturated heterocycles. The largest absolute Gasteiger partial charge is 0.374 e. The molecule has 0 amide bonds. The lowest BCUT2D eigenvalue weighted by atomic mass is 9.93. The zero-order valence-corrected chi connectivity index (χ0v) is 14.9. The molecule has 0 bridgehead atoms. The minimum Gasteiger partial charge on any atom is -0.374 e. The van der Waals surface area contributed by atoms with Gasteiger partial charge in [0.1, 0.15) is 0 Å². The van der Waals surface area contributed by atoms with Crippen LogP contribution >= 0.6 is 0 Å². The van der Waals surface area contributed by atoms with Crippen LogP contribution in [0.25, 0.3) is 0 Å². The van der Waals surface area contributed by atoms with Crippen LogP contribution in [-0.4, -0.2) is 24.8 Å². The quantitative estimate of drug-likeness (QED) is 0.404. The summed E-state index contributed by atoms with van der Waals surface area (Å²) in [6, 6.07) is 0.558. The first kappa shape index (κ1) is 19.0. The maximum Gasteiger partial charge on any atom is 0.0806 e. The molecule has 1 aliphatic carbocycles. The summed E-state index contributed by atoms with van der Waals surface area (Å²) in [5.41, 5.74) is 0.129. The van der Waals surface area contributed by atoms with E-state index in [9.17, 15) is 0 Å². The number of nitrogens with one attached hydrogen (secondary N) is 1. The second kappa shape index (κ2) is 11.5. The van der Waals surface area contributed by atoms with Gasteiger partial charge in [-0.2, -0.15) is 0 Å². The first-order valence-corrected chi connectivity index (χ1v) is 9.56. The van der Waals surface area contributed by atoms with E-state index < -0.39 is 0 Å². The first-order valence-electron chi connectivity index (χ1n) is 9.56. The number of rotatable bonds is 11. The minimum atomic E-state index is 0.129. The predicted octanol–water partition coefficient (Wildman–Crippen LogP) is 5.45. The normalized spacial score (nSPS) is 18.9. The maximum absolute atomic E-state index is 6.45. The van der Waals surface area contributed by atoms with Gasteiger partial charge >= 0.3 is 0 Å². The average Bonchev–Trinajstić information content (AvgIpc) is 2.71. The molecule has 1 saturated carbocycles. The van der Waals surface area contributed by atoms with E-state index in [0.717, 1.165) is 13.2 Å². The Hall–Kier alpha value is -0.0800. The van der Waals surface area contributed by atoms with Crippen molar-refractivity contribution in [1.82, 2.24) is 5.32 Å². The van der Waals surface area contributed by atoms with Gasteiger partial charge in [0.15, 0.2) is 0 Å². The third-order valence-corrected chi connectivity index (χ3v) is 4.75. The van der Waals surface area contributed by atoms with E-state index in [1.54, 1.807) is 0 Å². The number of ether oxygens (including phenoxy) is 1. The lowest BCUT2D eigenvalue weighted by Gasteiger charge is -2.34. The molecule has 126 valence electrons. The highest BCUT2D eigenvalue weighted by Gasteiger charge is 2.31. The molecule has 0 heterocycles. The Bertz CT molecular complexity index is 232. The molecular weight excluding hydrogens is 258 g/mol. The van der Waals surface area contributed by atoms with Crippen molar-refractivity contribution in [3.05, 3.63) is 0 Å². The Balaban J connectivity index is 2.27. The molecule has 2 heteroatoms. The van der Waals surface area contributed by atoms with E-state index in [1.165, 1.54) is 77.0 Å². The van der Waals surface area contributed by atoms with Crippen LogP contribution in [-0.2, 0) is 4.74 Å². The highest BCUT2D eigenvalue weighted by Crippen LogP contribution is 2.30. The zero-order valence-electron chi connectivity index (χ0n) is 14.9. The van der Waals surface area contributed by atoms with Gasteiger partial charge < -0.3 is 10.1 Å². The fourth-order valence-electron chi connectivity index (χ4n) is 3.31. The second-order valence-electron chi connectivity index (χ2n) is 7.25. The number of unbranched alkanes of at least 4 members (excludes halogenated alkanes) is 5. The van der Waals surface area contributed by atoms with Gasteiger partial charge in [0, 0.05) is 19.2 Å². The lowest BCUT2D eigenvalue weighted by Crippen LogP contribution is -2.45. The van der Waals surface area contributed by atoms with E-state index in [2.05, 4.69) is 26.1 Å². The molecule has 1 rings (SSSR count). The molecule has 0 atom stereocenters. The van der Waals surface area contributed by atoms with Gasteiger partial charge in [-0.3, -0.25) is 0 Å². The topological polar surface area (TPSA) is 21.3 Å². The van der Waals surface area contributed by atoms with Crippen molar-refractivity contribution in [2.45, 2.75) is 109 Å². The van der Waals surface area contributed by atoms with Crippen LogP contribution in [0.1, 0.15) is 97.8 Å². The lowest BCUT2D eigenvalue weighted by molar-refractivity contribution is -0.0573. The molecule has 0 radical (unpaired) electrons. The summed E-state index contributed by atoms with van der Waals surface area (Å²) in [5, 5.41) is 3.63. The van der Waals surface area contributed by atoms with Gasteiger partial charge in [0.05, 0.1) is 5.60 Å². The van der Waals surface area contributed by atoms with Crippen LogP contribution in [0.2, 0.25) is 0 Å². The molecule has 0 aromatic heterocycles. The molecule has 2 nitrogen and oxygen atoms in total. The summed E-state index contributed by atoms with van der Waals surface area (Å²) in [5.74, 6) is 0. The molecule has 0 spiro atoms. The first-order chi connectivity index (χ1) is 10.2. The summed E-state index contributed by atoms with van der Waals surface area (Å²) >= 11 is 0. The van der Waals surface area contributed by atoms with Crippen molar-refractivity contribution in [3.8, 4) is 0 Å². The highest BCUT2D eigenvalue weighted by molar-refractivity contribution is 4.86. The fourth-order valence-corrected chi connectivity index (χ4v) is 3.31. The van der Waals surface area contributed by atoms with E-state index in [4.69, 9.17) is 4.74 Å². The molecule has 0 unspecified atom stereocenters. The fraction of sp³-hybridized carbons (Fsp3) is 1.00. The number of hydrogen-bond acceptors (Lipinski definition) is 2. The van der Waals surface area contributed by atoms with E-state index in [-0.39, 0.29) is 5.60 Å². The summed E-state index contributed by atoms with van der Waals surface area (Å²) in [6.45, 7) is 8.75. The van der Waals surface area contributed by atoms with Crippen molar-refractivity contribution in [2.75, 3.05) is 13.2 Å². The van der Waals surface area contributed by atoms with Crippen LogP contribution in [0.4, 0.5) is 0 Å². The third-order valence-electron chi connectivity index (χ3n) is 4.75. The Morgan fingerprint density at radius 2 is 1.52 bits per heavy atom. The second-order valence-corrected chi connectivity index (χ2v) is 7.25. The molecule has 0 aromatic rings. The van der Waals surface area contributed by atoms with Gasteiger partial charge in [-0.1, -0.05) is 78.6 Å². The maximum atomic E-state index is 6.45. The van der Waals surface area contributed by atoms with Gasteiger partial charge in [0.2, 0.25) is 0 Å². The predicted molar refractivity (Wildman–Crippen MR) is 92.9 cm³/mol. The van der Waals surface area contributed by atoms with Crippen molar-refractivity contribution < 1.29 is 4.74 Å². The molecule has 1 fully saturated rings. The van der Waals surface area contributed by atoms with Crippen molar-refractivity contribution in [1.29, 1.82) is 0 Å². The van der Waals surface area contributed by atoms with Crippen LogP contribution in [0.5, 0.6) is 0 Å². The Morgan fingerprint density at radius 3 is 2.14 bits per heavy atom.